The van der Waals surface area contributed by atoms with Crippen molar-refractivity contribution in [3.63, 3.8) is 0 Å². The highest BCUT2D eigenvalue weighted by Gasteiger charge is 2.19. The van der Waals surface area contributed by atoms with Gasteiger partial charge in [0.1, 0.15) is 13.2 Å². The molecule has 1 unspecified atom stereocenters. The van der Waals surface area contributed by atoms with Crippen molar-refractivity contribution in [3.05, 3.63) is 97.2 Å². The molecule has 0 rings (SSSR count). The lowest BCUT2D eigenvalue weighted by molar-refractivity contribution is -0.167. The standard InChI is InChI=1S/C72H124O6/c1-4-7-10-13-16-19-22-25-28-31-33-34-35-36-37-38-40-41-44-47-50-53-56-59-62-65-71(74)77-68-69(67-76-70(73)64-61-58-55-52-49-46-43-30-27-24-21-18-15-12-9-6-3)78-72(75)66-63-60-57-54-51-48-45-42-39-32-29-26-23-20-17-14-11-8-5-2/h8,11,17,20,22,25-26,29-31,33,35-36,39,42-43,69H,4-7,9-10,12-16,18-19,21,23-24,27-28,32,34,37-38,40-41,44-68H2,1-3H3/b11-8-,20-17-,25-22-,29-26-,33-31-,36-35-,42-39-,43-30-. The molecule has 6 heteroatoms. The predicted octanol–water partition coefficient (Wildman–Crippen LogP) is 22.8. The van der Waals surface area contributed by atoms with Crippen LogP contribution in [0.1, 0.15) is 323 Å². The first-order chi connectivity index (χ1) is 38.5. The maximum absolute atomic E-state index is 12.9. The zero-order valence-electron chi connectivity index (χ0n) is 51.4. The van der Waals surface area contributed by atoms with Crippen molar-refractivity contribution in [3.8, 4) is 0 Å². The fourth-order valence-electron chi connectivity index (χ4n) is 9.32. The van der Waals surface area contributed by atoms with E-state index < -0.39 is 6.10 Å². The Bertz CT molecular complexity index is 1530. The molecular weight excluding hydrogens is 961 g/mol. The molecule has 0 fully saturated rings. The fraction of sp³-hybridized carbons (Fsp3) is 0.736. The molecule has 0 aliphatic heterocycles. The quantitative estimate of drug-likeness (QED) is 0.0261. The Morgan fingerprint density at radius 2 is 0.500 bits per heavy atom. The Morgan fingerprint density at radius 1 is 0.269 bits per heavy atom. The zero-order chi connectivity index (χ0) is 56.4. The Hall–Kier alpha value is -3.67. The highest BCUT2D eigenvalue weighted by Crippen LogP contribution is 2.16. The van der Waals surface area contributed by atoms with Crippen molar-refractivity contribution >= 4 is 17.9 Å². The second kappa shape index (κ2) is 65.8. The predicted molar refractivity (Wildman–Crippen MR) is 339 cm³/mol. The van der Waals surface area contributed by atoms with Crippen molar-refractivity contribution < 1.29 is 28.6 Å². The van der Waals surface area contributed by atoms with E-state index in [1.807, 2.05) is 0 Å². The van der Waals surface area contributed by atoms with Gasteiger partial charge in [0.05, 0.1) is 0 Å². The van der Waals surface area contributed by atoms with Gasteiger partial charge in [0, 0.05) is 19.3 Å². The molecule has 1 atom stereocenters. The first-order valence-electron chi connectivity index (χ1n) is 33.2. The highest BCUT2D eigenvalue weighted by atomic mass is 16.6. The summed E-state index contributed by atoms with van der Waals surface area (Å²) in [6, 6.07) is 0. The van der Waals surface area contributed by atoms with Crippen molar-refractivity contribution in [2.24, 2.45) is 0 Å². The molecule has 0 aromatic heterocycles. The van der Waals surface area contributed by atoms with E-state index in [4.69, 9.17) is 14.2 Å². The van der Waals surface area contributed by atoms with Crippen molar-refractivity contribution in [2.45, 2.75) is 329 Å². The summed E-state index contributed by atoms with van der Waals surface area (Å²) in [5.41, 5.74) is 0. The van der Waals surface area contributed by atoms with Gasteiger partial charge < -0.3 is 14.2 Å². The second-order valence-corrected chi connectivity index (χ2v) is 22.0. The van der Waals surface area contributed by atoms with Crippen LogP contribution >= 0.6 is 0 Å². The molecule has 78 heavy (non-hydrogen) atoms. The summed E-state index contributed by atoms with van der Waals surface area (Å²) in [6.45, 7) is 6.52. The summed E-state index contributed by atoms with van der Waals surface area (Å²) < 4.78 is 16.9. The minimum absolute atomic E-state index is 0.0876. The maximum Gasteiger partial charge on any atom is 0.306 e. The molecule has 6 nitrogen and oxygen atoms in total. The molecule has 0 aromatic rings. The summed E-state index contributed by atoms with van der Waals surface area (Å²) in [7, 11) is 0. The molecule has 0 heterocycles. The third-order valence-electron chi connectivity index (χ3n) is 14.3. The summed E-state index contributed by atoms with van der Waals surface area (Å²) in [5, 5.41) is 0. The van der Waals surface area contributed by atoms with E-state index in [9.17, 15) is 14.4 Å². The lowest BCUT2D eigenvalue weighted by atomic mass is 10.1. The monoisotopic (exact) mass is 1080 g/mol. The summed E-state index contributed by atoms with van der Waals surface area (Å²) in [6.07, 6.45) is 88.4. The van der Waals surface area contributed by atoms with Crippen LogP contribution in [0.25, 0.3) is 0 Å². The molecule has 0 amide bonds. The van der Waals surface area contributed by atoms with Crippen LogP contribution in [0, 0.1) is 0 Å². The number of carbonyl (C=O) groups excluding carboxylic acids is 3. The molecular formula is C72H124O6. The van der Waals surface area contributed by atoms with Gasteiger partial charge in [0.15, 0.2) is 6.10 Å². The number of carbonyl (C=O) groups is 3. The number of hydrogen-bond acceptors (Lipinski definition) is 6. The SMILES string of the molecule is CC/C=C\C/C=C\C/C=C\C/C=C\CCCCCCCCC(=O)OC(COC(=O)CCCCCCC/C=C\CCCCCCCCC)COC(=O)CCCCCCCCCCCC/C=C\C/C=C\C/C=C\CCCCCCC. The van der Waals surface area contributed by atoms with E-state index in [1.165, 1.54) is 167 Å². The van der Waals surface area contributed by atoms with E-state index in [0.717, 1.165) is 116 Å². The number of esters is 3. The summed E-state index contributed by atoms with van der Waals surface area (Å²) in [5.74, 6) is -0.902. The topological polar surface area (TPSA) is 78.9 Å². The van der Waals surface area contributed by atoms with Gasteiger partial charge in [0.25, 0.3) is 0 Å². The van der Waals surface area contributed by atoms with Gasteiger partial charge in [0.2, 0.25) is 0 Å². The molecule has 0 aliphatic rings. The van der Waals surface area contributed by atoms with Gasteiger partial charge in [-0.15, -0.1) is 0 Å². The van der Waals surface area contributed by atoms with Gasteiger partial charge >= 0.3 is 17.9 Å². The Kier molecular flexibility index (Phi) is 62.7. The normalized spacial score (nSPS) is 12.7. The average molecular weight is 1090 g/mol. The van der Waals surface area contributed by atoms with Gasteiger partial charge in [-0.2, -0.15) is 0 Å². The fourth-order valence-corrected chi connectivity index (χ4v) is 9.32. The molecule has 0 spiro atoms. The first kappa shape index (κ1) is 74.3. The number of rotatable bonds is 60. The van der Waals surface area contributed by atoms with Crippen LogP contribution in [0.4, 0.5) is 0 Å². The second-order valence-electron chi connectivity index (χ2n) is 22.0. The van der Waals surface area contributed by atoms with Crippen molar-refractivity contribution in [1.29, 1.82) is 0 Å². The lowest BCUT2D eigenvalue weighted by Gasteiger charge is -2.18. The first-order valence-corrected chi connectivity index (χ1v) is 33.2. The van der Waals surface area contributed by atoms with Crippen LogP contribution in [0.3, 0.4) is 0 Å². The molecule has 0 N–H and O–H groups in total. The van der Waals surface area contributed by atoms with E-state index in [0.29, 0.717) is 19.3 Å². The molecule has 0 aromatic carbocycles. The molecule has 0 bridgehead atoms. The number of ether oxygens (including phenoxy) is 3. The van der Waals surface area contributed by atoms with E-state index in [2.05, 4.69) is 118 Å². The minimum Gasteiger partial charge on any atom is -0.462 e. The van der Waals surface area contributed by atoms with E-state index in [-0.39, 0.29) is 31.1 Å². The lowest BCUT2D eigenvalue weighted by Crippen LogP contribution is -2.30. The minimum atomic E-state index is -0.793. The zero-order valence-corrected chi connectivity index (χ0v) is 51.4. The van der Waals surface area contributed by atoms with Crippen LogP contribution in [-0.2, 0) is 28.6 Å². The van der Waals surface area contributed by atoms with Crippen molar-refractivity contribution in [2.75, 3.05) is 13.2 Å². The summed E-state index contributed by atoms with van der Waals surface area (Å²) >= 11 is 0. The molecule has 0 saturated carbocycles. The van der Waals surface area contributed by atoms with Crippen LogP contribution < -0.4 is 0 Å². The smallest absolute Gasteiger partial charge is 0.306 e. The van der Waals surface area contributed by atoms with Gasteiger partial charge in [-0.05, 0) is 122 Å². The van der Waals surface area contributed by atoms with Gasteiger partial charge in [-0.3, -0.25) is 14.4 Å². The Morgan fingerprint density at radius 3 is 0.795 bits per heavy atom. The van der Waals surface area contributed by atoms with Gasteiger partial charge in [-0.1, -0.05) is 279 Å². The molecule has 0 radical (unpaired) electrons. The average Bonchev–Trinajstić information content (AvgIpc) is 3.44. The largest absolute Gasteiger partial charge is 0.462 e. The number of hydrogen-bond donors (Lipinski definition) is 0. The van der Waals surface area contributed by atoms with Crippen molar-refractivity contribution in [1.82, 2.24) is 0 Å². The van der Waals surface area contributed by atoms with Crippen LogP contribution in [0.2, 0.25) is 0 Å². The molecule has 0 aliphatic carbocycles. The van der Waals surface area contributed by atoms with E-state index >= 15 is 0 Å². The third-order valence-corrected chi connectivity index (χ3v) is 14.3. The Labute approximate surface area is 483 Å². The molecule has 0 saturated heterocycles. The molecule has 448 valence electrons. The highest BCUT2D eigenvalue weighted by molar-refractivity contribution is 5.71. The third kappa shape index (κ3) is 63.2. The van der Waals surface area contributed by atoms with Crippen LogP contribution in [-0.4, -0.2) is 37.2 Å². The number of allylic oxidation sites excluding steroid dienone is 16. The van der Waals surface area contributed by atoms with Crippen LogP contribution in [0.15, 0.2) is 97.2 Å². The number of unbranched alkanes of at least 4 members (excludes halogenated alkanes) is 33. The maximum atomic E-state index is 12.9. The summed E-state index contributed by atoms with van der Waals surface area (Å²) in [4.78, 5) is 38.4. The van der Waals surface area contributed by atoms with Crippen LogP contribution in [0.5, 0.6) is 0 Å². The van der Waals surface area contributed by atoms with E-state index in [1.54, 1.807) is 0 Å². The Balaban J connectivity index is 4.38. The van der Waals surface area contributed by atoms with Gasteiger partial charge in [-0.25, -0.2) is 0 Å².